The number of nitrogens with one attached hydrogen (secondary N) is 2. The molecule has 1 aromatic heterocycles. The highest BCUT2D eigenvalue weighted by molar-refractivity contribution is 5.80. The van der Waals surface area contributed by atoms with E-state index in [1.807, 2.05) is 18.5 Å². The zero-order valence-electron chi connectivity index (χ0n) is 16.5. The second-order valence-corrected chi connectivity index (χ2v) is 8.12. The molecule has 3 fully saturated rings. The molecule has 27 heavy (non-hydrogen) atoms. The van der Waals surface area contributed by atoms with E-state index in [4.69, 9.17) is 14.5 Å². The highest BCUT2D eigenvalue weighted by Gasteiger charge is 2.42. The Bertz CT molecular complexity index is 663. The van der Waals surface area contributed by atoms with E-state index in [2.05, 4.69) is 20.8 Å². The molecule has 2 aliphatic heterocycles. The van der Waals surface area contributed by atoms with Crippen LogP contribution in [0.5, 0.6) is 0 Å². The van der Waals surface area contributed by atoms with Crippen molar-refractivity contribution in [1.82, 2.24) is 25.4 Å². The molecule has 0 aromatic carbocycles. The number of ether oxygens (including phenoxy) is 2. The van der Waals surface area contributed by atoms with Crippen LogP contribution in [-0.2, 0) is 23.1 Å². The summed E-state index contributed by atoms with van der Waals surface area (Å²) in [5.74, 6) is 2.61. The molecule has 1 aromatic rings. The van der Waals surface area contributed by atoms with Gasteiger partial charge in [-0.2, -0.15) is 0 Å². The van der Waals surface area contributed by atoms with Crippen LogP contribution in [0.3, 0.4) is 0 Å². The highest BCUT2D eigenvalue weighted by Crippen LogP contribution is 2.42. The van der Waals surface area contributed by atoms with Gasteiger partial charge in [0, 0.05) is 32.8 Å². The van der Waals surface area contributed by atoms with Gasteiger partial charge in [0.1, 0.15) is 12.4 Å². The molecule has 0 amide bonds. The molecule has 150 valence electrons. The molecule has 2 atom stereocenters. The summed E-state index contributed by atoms with van der Waals surface area (Å²) in [5.41, 5.74) is 0.121. The molecule has 3 heterocycles. The second-order valence-electron chi connectivity index (χ2n) is 8.12. The topological polar surface area (TPSA) is 85.6 Å². The van der Waals surface area contributed by atoms with E-state index in [0.29, 0.717) is 12.6 Å². The molecule has 1 aliphatic carbocycles. The van der Waals surface area contributed by atoms with Crippen molar-refractivity contribution in [1.29, 1.82) is 0 Å². The van der Waals surface area contributed by atoms with Gasteiger partial charge in [0.05, 0.1) is 11.7 Å². The molecule has 8 heteroatoms. The second kappa shape index (κ2) is 8.14. The molecule has 8 nitrogen and oxygen atoms in total. The molecular formula is C19H32N6O2. The number of aliphatic imine (C=N–C) groups is 1. The van der Waals surface area contributed by atoms with Gasteiger partial charge in [-0.1, -0.05) is 0 Å². The summed E-state index contributed by atoms with van der Waals surface area (Å²) in [6, 6.07) is 0.399. The van der Waals surface area contributed by atoms with Crippen molar-refractivity contribution in [3.63, 3.8) is 0 Å². The van der Waals surface area contributed by atoms with Crippen molar-refractivity contribution in [3.8, 4) is 0 Å². The van der Waals surface area contributed by atoms with Crippen molar-refractivity contribution in [3.05, 3.63) is 11.6 Å². The van der Waals surface area contributed by atoms with Crippen LogP contribution in [0.2, 0.25) is 0 Å². The van der Waals surface area contributed by atoms with Crippen molar-refractivity contribution >= 4 is 5.96 Å². The molecule has 2 unspecified atom stereocenters. The van der Waals surface area contributed by atoms with E-state index >= 15 is 0 Å². The number of rotatable bonds is 5. The Morgan fingerprint density at radius 2 is 2.15 bits per heavy atom. The van der Waals surface area contributed by atoms with E-state index < -0.39 is 0 Å². The number of hydrogen-bond donors (Lipinski definition) is 2. The minimum Gasteiger partial charge on any atom is -0.376 e. The van der Waals surface area contributed by atoms with Crippen LogP contribution in [0.15, 0.2) is 4.99 Å². The summed E-state index contributed by atoms with van der Waals surface area (Å²) >= 11 is 0. The van der Waals surface area contributed by atoms with Gasteiger partial charge in [-0.3, -0.25) is 0 Å². The number of aryl methyl sites for hydroxylation is 1. The van der Waals surface area contributed by atoms with Gasteiger partial charge in [0.25, 0.3) is 0 Å². The van der Waals surface area contributed by atoms with Crippen molar-refractivity contribution in [2.75, 3.05) is 19.8 Å². The van der Waals surface area contributed by atoms with Crippen LogP contribution in [0.4, 0.5) is 0 Å². The number of guanidine groups is 1. The van der Waals surface area contributed by atoms with Gasteiger partial charge in [-0.15, -0.1) is 10.2 Å². The number of aromatic nitrogens is 3. The van der Waals surface area contributed by atoms with Crippen LogP contribution in [0.25, 0.3) is 0 Å². The number of hydrogen-bond acceptors (Lipinski definition) is 5. The molecular weight excluding hydrogens is 344 g/mol. The van der Waals surface area contributed by atoms with E-state index in [1.54, 1.807) is 0 Å². The van der Waals surface area contributed by atoms with Crippen molar-refractivity contribution in [2.24, 2.45) is 12.0 Å². The molecule has 2 N–H and O–H groups in total. The van der Waals surface area contributed by atoms with E-state index in [-0.39, 0.29) is 11.7 Å². The largest absolute Gasteiger partial charge is 0.376 e. The first kappa shape index (κ1) is 18.7. The quantitative estimate of drug-likeness (QED) is 0.597. The molecule has 3 aliphatic rings. The Morgan fingerprint density at radius 1 is 1.26 bits per heavy atom. The predicted octanol–water partition coefficient (Wildman–Crippen LogP) is 1.44. The van der Waals surface area contributed by atoms with Crippen molar-refractivity contribution in [2.45, 2.75) is 76.2 Å². The van der Waals surface area contributed by atoms with Gasteiger partial charge in [-0.05, 0) is 51.9 Å². The third-order valence-electron chi connectivity index (χ3n) is 6.18. The fourth-order valence-electron chi connectivity index (χ4n) is 4.17. The summed E-state index contributed by atoms with van der Waals surface area (Å²) in [6.45, 7) is 4.95. The number of nitrogens with zero attached hydrogens (tertiary/aromatic N) is 4. The third-order valence-corrected chi connectivity index (χ3v) is 6.18. The SMILES string of the molecule is Cc1nnc(CN=C(NCC2CCCO2)NC2CCOC3(CCC3)C2)n1C. The first-order valence-electron chi connectivity index (χ1n) is 10.3. The standard InChI is InChI=1S/C19H32N6O2/c1-14-23-24-17(25(14)2)13-21-18(20-12-16-5-3-9-26-16)22-15-6-10-27-19(11-15)7-4-8-19/h15-16H,3-13H2,1-2H3,(H2,20,21,22). The van der Waals surface area contributed by atoms with Gasteiger partial charge in [0.15, 0.2) is 11.8 Å². The third kappa shape index (κ3) is 4.43. The van der Waals surface area contributed by atoms with E-state index in [1.165, 1.54) is 19.3 Å². The lowest BCUT2D eigenvalue weighted by Crippen LogP contribution is -2.54. The maximum absolute atomic E-state index is 6.06. The lowest BCUT2D eigenvalue weighted by Gasteiger charge is -2.47. The lowest BCUT2D eigenvalue weighted by molar-refractivity contribution is -0.134. The Balaban J connectivity index is 1.39. The minimum atomic E-state index is 0.121. The lowest BCUT2D eigenvalue weighted by atomic mass is 9.74. The van der Waals surface area contributed by atoms with E-state index in [9.17, 15) is 0 Å². The van der Waals surface area contributed by atoms with Crippen LogP contribution >= 0.6 is 0 Å². The Labute approximate surface area is 161 Å². The average molecular weight is 377 g/mol. The van der Waals surface area contributed by atoms with Crippen LogP contribution < -0.4 is 10.6 Å². The minimum absolute atomic E-state index is 0.121. The maximum atomic E-state index is 6.06. The van der Waals surface area contributed by atoms with Crippen molar-refractivity contribution < 1.29 is 9.47 Å². The van der Waals surface area contributed by atoms with Gasteiger partial charge >= 0.3 is 0 Å². The fourth-order valence-corrected chi connectivity index (χ4v) is 4.17. The summed E-state index contributed by atoms with van der Waals surface area (Å²) in [7, 11) is 1.98. The Kier molecular flexibility index (Phi) is 5.63. The van der Waals surface area contributed by atoms with Crippen LogP contribution in [0.1, 0.15) is 56.6 Å². The maximum Gasteiger partial charge on any atom is 0.192 e. The first-order valence-corrected chi connectivity index (χ1v) is 10.3. The monoisotopic (exact) mass is 376 g/mol. The molecule has 0 radical (unpaired) electrons. The molecule has 2 saturated heterocycles. The Hall–Kier alpha value is -1.67. The summed E-state index contributed by atoms with van der Waals surface area (Å²) in [5, 5.41) is 15.5. The smallest absolute Gasteiger partial charge is 0.192 e. The van der Waals surface area contributed by atoms with Gasteiger partial charge < -0.3 is 24.7 Å². The fraction of sp³-hybridized carbons (Fsp3) is 0.842. The zero-order valence-corrected chi connectivity index (χ0v) is 16.5. The van der Waals surface area contributed by atoms with Gasteiger partial charge in [-0.25, -0.2) is 4.99 Å². The molecule has 4 rings (SSSR count). The molecule has 1 spiro atoms. The predicted molar refractivity (Wildman–Crippen MR) is 103 cm³/mol. The first-order chi connectivity index (χ1) is 13.1. The Morgan fingerprint density at radius 3 is 2.81 bits per heavy atom. The van der Waals surface area contributed by atoms with Crippen LogP contribution in [0, 0.1) is 6.92 Å². The summed E-state index contributed by atoms with van der Waals surface area (Å²) in [6.07, 6.45) is 8.30. The highest BCUT2D eigenvalue weighted by atomic mass is 16.5. The normalized spacial score (nSPS) is 27.6. The van der Waals surface area contributed by atoms with Gasteiger partial charge in [0.2, 0.25) is 0 Å². The molecule has 1 saturated carbocycles. The molecule has 0 bridgehead atoms. The zero-order chi connectivity index (χ0) is 18.7. The van der Waals surface area contributed by atoms with E-state index in [0.717, 1.165) is 63.1 Å². The summed E-state index contributed by atoms with van der Waals surface area (Å²) < 4.78 is 13.8. The summed E-state index contributed by atoms with van der Waals surface area (Å²) in [4.78, 5) is 4.79. The van der Waals surface area contributed by atoms with Crippen LogP contribution in [-0.4, -0.2) is 58.2 Å². The average Bonchev–Trinajstić information content (AvgIpc) is 3.28.